The Bertz CT molecular complexity index is 1190. The maximum Gasteiger partial charge on any atom is 0.250 e. The minimum Gasteiger partial charge on any atom is -0.350 e. The quantitative estimate of drug-likeness (QED) is 0.485. The molecule has 6 rings (SSSR count). The topological polar surface area (TPSA) is 54.3 Å². The standard InChI is InChI=1S/C22H29F2N5O.C7H11/c1-14-11-27(15(2)30)8-9-28(14)20-19-18(16-5-6-16)12-29(21(19)26-13-25-20)17-4-3-7-22(23,24)10-17;1-7(2,3)6-4-5-6/h12-14,16-17H,3-11H2,1-2H3;4-5H,1-3H3/t14-,17?;/m0./s1. The van der Waals surface area contributed by atoms with Crippen molar-refractivity contribution in [2.24, 2.45) is 5.41 Å². The van der Waals surface area contributed by atoms with Crippen LogP contribution in [-0.4, -0.2) is 56.9 Å². The number of nitrogens with zero attached hydrogens (tertiary/aromatic N) is 5. The van der Waals surface area contributed by atoms with Gasteiger partial charge in [-0.2, -0.15) is 0 Å². The van der Waals surface area contributed by atoms with Gasteiger partial charge < -0.3 is 14.4 Å². The molecule has 0 bridgehead atoms. The molecule has 0 N–H and O–H groups in total. The van der Waals surface area contributed by atoms with Crippen molar-refractivity contribution in [1.29, 1.82) is 0 Å². The van der Waals surface area contributed by atoms with Crippen molar-refractivity contribution in [2.75, 3.05) is 24.5 Å². The Morgan fingerprint density at radius 3 is 2.41 bits per heavy atom. The van der Waals surface area contributed by atoms with Crippen LogP contribution in [0.15, 0.2) is 24.2 Å². The summed E-state index contributed by atoms with van der Waals surface area (Å²) < 4.78 is 30.3. The molecule has 201 valence electrons. The van der Waals surface area contributed by atoms with Gasteiger partial charge in [0.1, 0.15) is 17.8 Å². The number of fused-ring (bicyclic) bond motifs is 1. The zero-order valence-corrected chi connectivity index (χ0v) is 22.8. The lowest BCUT2D eigenvalue weighted by molar-refractivity contribution is -0.129. The lowest BCUT2D eigenvalue weighted by Crippen LogP contribution is -2.53. The van der Waals surface area contributed by atoms with Gasteiger partial charge in [0, 0.05) is 64.1 Å². The molecule has 37 heavy (non-hydrogen) atoms. The van der Waals surface area contributed by atoms with Crippen molar-refractivity contribution in [3.63, 3.8) is 0 Å². The summed E-state index contributed by atoms with van der Waals surface area (Å²) in [7, 11) is 0. The Hall–Kier alpha value is -2.51. The number of amides is 1. The highest BCUT2D eigenvalue weighted by Gasteiger charge is 2.39. The second kappa shape index (κ2) is 9.66. The molecule has 1 aliphatic heterocycles. The largest absolute Gasteiger partial charge is 0.350 e. The van der Waals surface area contributed by atoms with E-state index in [1.807, 2.05) is 9.47 Å². The summed E-state index contributed by atoms with van der Waals surface area (Å²) >= 11 is 0. The fraction of sp³-hybridized carbons (Fsp3) is 0.655. The Kier molecular flexibility index (Phi) is 6.82. The van der Waals surface area contributed by atoms with E-state index in [1.54, 1.807) is 13.3 Å². The van der Waals surface area contributed by atoms with E-state index < -0.39 is 5.92 Å². The first-order valence-corrected chi connectivity index (χ1v) is 13.8. The molecular formula is C29H40F2N5O. The van der Waals surface area contributed by atoms with Crippen molar-refractivity contribution in [1.82, 2.24) is 19.4 Å². The zero-order valence-electron chi connectivity index (χ0n) is 22.8. The molecule has 0 spiro atoms. The van der Waals surface area contributed by atoms with Crippen LogP contribution < -0.4 is 4.90 Å². The average Bonchev–Trinajstić information content (AvgIpc) is 3.74. The van der Waals surface area contributed by atoms with Crippen molar-refractivity contribution < 1.29 is 13.6 Å². The third kappa shape index (κ3) is 5.68. The van der Waals surface area contributed by atoms with E-state index >= 15 is 0 Å². The predicted molar refractivity (Wildman–Crippen MR) is 143 cm³/mol. The first kappa shape index (κ1) is 26.1. The first-order valence-electron chi connectivity index (χ1n) is 13.8. The monoisotopic (exact) mass is 512 g/mol. The second-order valence-corrected chi connectivity index (χ2v) is 12.3. The van der Waals surface area contributed by atoms with Gasteiger partial charge in [0.05, 0.1) is 5.39 Å². The molecular weight excluding hydrogens is 472 g/mol. The third-order valence-corrected chi connectivity index (χ3v) is 8.19. The Morgan fingerprint density at radius 2 is 1.86 bits per heavy atom. The van der Waals surface area contributed by atoms with E-state index in [-0.39, 0.29) is 30.8 Å². The van der Waals surface area contributed by atoms with Gasteiger partial charge in [0.15, 0.2) is 0 Å². The molecule has 4 aliphatic rings. The van der Waals surface area contributed by atoms with E-state index in [9.17, 15) is 13.6 Å². The maximum absolute atomic E-state index is 14.2. The van der Waals surface area contributed by atoms with Crippen LogP contribution >= 0.6 is 0 Å². The number of carbonyl (C=O) groups is 1. The van der Waals surface area contributed by atoms with E-state index in [0.29, 0.717) is 37.4 Å². The molecule has 2 aromatic rings. The summed E-state index contributed by atoms with van der Waals surface area (Å²) in [6.07, 6.45) is 11.4. The van der Waals surface area contributed by atoms with E-state index in [0.717, 1.165) is 36.1 Å². The molecule has 1 amide bonds. The summed E-state index contributed by atoms with van der Waals surface area (Å²) in [6, 6.07) is -0.0892. The van der Waals surface area contributed by atoms with E-state index in [4.69, 9.17) is 0 Å². The van der Waals surface area contributed by atoms with Gasteiger partial charge in [-0.3, -0.25) is 4.79 Å². The lowest BCUT2D eigenvalue weighted by atomic mass is 9.92. The molecule has 0 aromatic carbocycles. The van der Waals surface area contributed by atoms with Crippen LogP contribution in [0.25, 0.3) is 11.0 Å². The van der Waals surface area contributed by atoms with Crippen LogP contribution in [0.2, 0.25) is 0 Å². The number of carbonyl (C=O) groups excluding carboxylic acids is 1. The van der Waals surface area contributed by atoms with Crippen LogP contribution in [0.4, 0.5) is 14.6 Å². The number of hydrogen-bond acceptors (Lipinski definition) is 4. The summed E-state index contributed by atoms with van der Waals surface area (Å²) in [6.45, 7) is 12.4. The molecule has 1 unspecified atom stereocenters. The third-order valence-electron chi connectivity index (χ3n) is 8.19. The van der Waals surface area contributed by atoms with Gasteiger partial charge in [0.25, 0.3) is 0 Å². The van der Waals surface area contributed by atoms with Crippen LogP contribution in [0, 0.1) is 11.8 Å². The number of hydrogen-bond donors (Lipinski definition) is 0. The molecule has 2 aromatic heterocycles. The number of rotatable bonds is 3. The smallest absolute Gasteiger partial charge is 0.250 e. The molecule has 3 aliphatic carbocycles. The minimum atomic E-state index is -2.60. The van der Waals surface area contributed by atoms with Crippen molar-refractivity contribution in [3.8, 4) is 0 Å². The summed E-state index contributed by atoms with van der Waals surface area (Å²) in [4.78, 5) is 25.2. The van der Waals surface area contributed by atoms with E-state index in [2.05, 4.69) is 61.3 Å². The predicted octanol–water partition coefficient (Wildman–Crippen LogP) is 6.29. The van der Waals surface area contributed by atoms with Gasteiger partial charge in [0.2, 0.25) is 11.8 Å². The number of piperazine rings is 1. The van der Waals surface area contributed by atoms with Gasteiger partial charge in [-0.15, -0.1) is 0 Å². The van der Waals surface area contributed by atoms with E-state index in [1.165, 1.54) is 11.1 Å². The fourth-order valence-corrected chi connectivity index (χ4v) is 5.78. The number of aromatic nitrogens is 3. The molecule has 6 nitrogen and oxygen atoms in total. The molecule has 8 heteroatoms. The first-order chi connectivity index (χ1) is 17.4. The lowest BCUT2D eigenvalue weighted by Gasteiger charge is -2.40. The number of allylic oxidation sites excluding steroid dienone is 2. The van der Waals surface area contributed by atoms with Gasteiger partial charge in [-0.1, -0.05) is 32.4 Å². The molecule has 3 fully saturated rings. The normalized spacial score (nSPS) is 25.4. The van der Waals surface area contributed by atoms with Gasteiger partial charge >= 0.3 is 0 Å². The van der Waals surface area contributed by atoms with Crippen LogP contribution in [0.3, 0.4) is 0 Å². The van der Waals surface area contributed by atoms with Crippen molar-refractivity contribution in [2.45, 2.75) is 97.1 Å². The van der Waals surface area contributed by atoms with Crippen LogP contribution in [0.5, 0.6) is 0 Å². The Labute approximate surface area is 219 Å². The average molecular weight is 513 g/mol. The summed E-state index contributed by atoms with van der Waals surface area (Å²) in [5.74, 6) is -1.15. The highest BCUT2D eigenvalue weighted by molar-refractivity contribution is 5.92. The Morgan fingerprint density at radius 1 is 1.14 bits per heavy atom. The SMILES string of the molecule is CC(=O)N1CCN(c2ncnc3c2c(C2CC2)cn3C2CCCC(F)(F)C2)[C@@H](C)C1.CC(C)(C)C1=C[CH]1. The highest BCUT2D eigenvalue weighted by Crippen LogP contribution is 2.48. The molecule has 2 saturated carbocycles. The number of alkyl halides is 2. The number of anilines is 1. The summed E-state index contributed by atoms with van der Waals surface area (Å²) in [5.41, 5.74) is 3.90. The van der Waals surface area contributed by atoms with Crippen molar-refractivity contribution >= 4 is 22.8 Å². The van der Waals surface area contributed by atoms with Crippen LogP contribution in [0.1, 0.15) is 90.7 Å². The highest BCUT2D eigenvalue weighted by atomic mass is 19.3. The minimum absolute atomic E-state index is 0.0175. The second-order valence-electron chi connectivity index (χ2n) is 12.3. The Balaban J connectivity index is 0.000000348. The van der Waals surface area contributed by atoms with Crippen LogP contribution in [-0.2, 0) is 4.79 Å². The molecule has 1 saturated heterocycles. The zero-order chi connectivity index (χ0) is 26.5. The molecule has 2 atom stereocenters. The molecule has 3 heterocycles. The summed E-state index contributed by atoms with van der Waals surface area (Å²) in [5, 5.41) is 1.03. The molecule has 1 radical (unpaired) electrons. The van der Waals surface area contributed by atoms with Gasteiger partial charge in [-0.25, -0.2) is 18.7 Å². The maximum atomic E-state index is 14.2. The van der Waals surface area contributed by atoms with Gasteiger partial charge in [-0.05, 0) is 49.5 Å². The fourth-order valence-electron chi connectivity index (χ4n) is 5.78. The van der Waals surface area contributed by atoms with Crippen molar-refractivity contribution in [3.05, 3.63) is 36.2 Å². The number of halogens is 2.